The Kier molecular flexibility index (Phi) is 4.74. The second-order valence-electron chi connectivity index (χ2n) is 5.93. The zero-order valence-corrected chi connectivity index (χ0v) is 13.7. The lowest BCUT2D eigenvalue weighted by molar-refractivity contribution is 0.300. The Morgan fingerprint density at radius 2 is 1.32 bits per heavy atom. The van der Waals surface area contributed by atoms with E-state index in [1.54, 1.807) is 0 Å². The summed E-state index contributed by atoms with van der Waals surface area (Å²) in [5, 5.41) is 5.56. The van der Waals surface area contributed by atoms with E-state index >= 15 is 0 Å². The van der Waals surface area contributed by atoms with Gasteiger partial charge in [0.2, 0.25) is 0 Å². The molecule has 0 aliphatic heterocycles. The Labute approximate surface area is 133 Å². The van der Waals surface area contributed by atoms with Crippen LogP contribution in [-0.2, 0) is 6.42 Å². The van der Waals surface area contributed by atoms with Crippen molar-refractivity contribution in [2.75, 3.05) is 19.6 Å². The van der Waals surface area contributed by atoms with Crippen LogP contribution in [-0.4, -0.2) is 24.5 Å². The first-order chi connectivity index (χ1) is 10.8. The molecule has 0 aromatic heterocycles. The van der Waals surface area contributed by atoms with Crippen LogP contribution in [0.25, 0.3) is 21.5 Å². The molecule has 0 fully saturated rings. The van der Waals surface area contributed by atoms with Gasteiger partial charge in [-0.15, -0.1) is 0 Å². The van der Waals surface area contributed by atoms with Gasteiger partial charge in [-0.3, -0.25) is 0 Å². The van der Waals surface area contributed by atoms with Gasteiger partial charge in [0, 0.05) is 0 Å². The van der Waals surface area contributed by atoms with E-state index < -0.39 is 0 Å². The Bertz CT molecular complexity index is 702. The highest BCUT2D eigenvalue weighted by molar-refractivity contribution is 6.02. The van der Waals surface area contributed by atoms with Crippen LogP contribution in [0.2, 0.25) is 0 Å². The summed E-state index contributed by atoms with van der Waals surface area (Å²) in [7, 11) is 0. The molecule has 22 heavy (non-hydrogen) atoms. The fourth-order valence-electron chi connectivity index (χ4n) is 3.40. The first-order valence-electron chi connectivity index (χ1n) is 8.45. The van der Waals surface area contributed by atoms with E-state index in [4.69, 9.17) is 0 Å². The van der Waals surface area contributed by atoms with Crippen molar-refractivity contribution in [2.45, 2.75) is 26.7 Å². The van der Waals surface area contributed by atoms with Gasteiger partial charge in [0.1, 0.15) is 0 Å². The van der Waals surface area contributed by atoms with E-state index in [0.29, 0.717) is 0 Å². The van der Waals surface area contributed by atoms with Gasteiger partial charge in [-0.2, -0.15) is 0 Å². The standard InChI is InChI=1S/C21H25N/c1-3-22(4-2)15-9-14-21-19-12-7-5-10-17(19)16-18-11-6-8-13-20(18)21/h5-8,10-13,16H,3-4,9,14-15H2,1-2H3. The van der Waals surface area contributed by atoms with E-state index in [9.17, 15) is 0 Å². The molecular formula is C21H25N. The monoisotopic (exact) mass is 291 g/mol. The summed E-state index contributed by atoms with van der Waals surface area (Å²) in [4.78, 5) is 2.51. The molecule has 0 bridgehead atoms. The second-order valence-corrected chi connectivity index (χ2v) is 5.93. The predicted molar refractivity (Wildman–Crippen MR) is 97.6 cm³/mol. The Balaban J connectivity index is 1.97. The van der Waals surface area contributed by atoms with Gasteiger partial charge in [0.25, 0.3) is 0 Å². The maximum atomic E-state index is 2.51. The first-order valence-corrected chi connectivity index (χ1v) is 8.45. The molecule has 0 heterocycles. The molecule has 3 aromatic rings. The normalized spacial score (nSPS) is 11.6. The summed E-state index contributed by atoms with van der Waals surface area (Å²) < 4.78 is 0. The van der Waals surface area contributed by atoms with Crippen LogP contribution in [0.15, 0.2) is 54.6 Å². The largest absolute Gasteiger partial charge is 0.304 e. The van der Waals surface area contributed by atoms with E-state index in [1.165, 1.54) is 40.1 Å². The molecule has 0 unspecified atom stereocenters. The summed E-state index contributed by atoms with van der Waals surface area (Å²) in [5.74, 6) is 0. The Morgan fingerprint density at radius 1 is 0.773 bits per heavy atom. The van der Waals surface area contributed by atoms with Gasteiger partial charge < -0.3 is 4.90 Å². The van der Waals surface area contributed by atoms with Gasteiger partial charge in [-0.25, -0.2) is 0 Å². The lowest BCUT2D eigenvalue weighted by Gasteiger charge is -2.18. The fraction of sp³-hybridized carbons (Fsp3) is 0.333. The van der Waals surface area contributed by atoms with E-state index in [0.717, 1.165) is 19.5 Å². The molecule has 0 saturated heterocycles. The van der Waals surface area contributed by atoms with Crippen LogP contribution < -0.4 is 0 Å². The number of hydrogen-bond donors (Lipinski definition) is 0. The van der Waals surface area contributed by atoms with Crippen LogP contribution in [0.3, 0.4) is 0 Å². The molecule has 3 rings (SSSR count). The number of aryl methyl sites for hydroxylation is 1. The van der Waals surface area contributed by atoms with Crippen molar-refractivity contribution < 1.29 is 0 Å². The van der Waals surface area contributed by atoms with Crippen molar-refractivity contribution in [3.8, 4) is 0 Å². The van der Waals surface area contributed by atoms with Crippen LogP contribution in [0, 0.1) is 0 Å². The summed E-state index contributed by atoms with van der Waals surface area (Å²) in [5.41, 5.74) is 1.51. The highest BCUT2D eigenvalue weighted by Crippen LogP contribution is 2.29. The number of nitrogens with zero attached hydrogens (tertiary/aromatic N) is 1. The van der Waals surface area contributed by atoms with Crippen molar-refractivity contribution >= 4 is 21.5 Å². The van der Waals surface area contributed by atoms with Gasteiger partial charge >= 0.3 is 0 Å². The first kappa shape index (κ1) is 15.1. The average molecular weight is 291 g/mol. The maximum Gasteiger partial charge on any atom is -0.00158 e. The van der Waals surface area contributed by atoms with Crippen molar-refractivity contribution in [2.24, 2.45) is 0 Å². The molecule has 0 aliphatic rings. The lowest BCUT2D eigenvalue weighted by Crippen LogP contribution is -2.24. The molecule has 0 radical (unpaired) electrons. The minimum absolute atomic E-state index is 1.15. The van der Waals surface area contributed by atoms with Crippen LogP contribution in [0.1, 0.15) is 25.8 Å². The van der Waals surface area contributed by atoms with E-state index in [-0.39, 0.29) is 0 Å². The molecule has 3 aromatic carbocycles. The third kappa shape index (κ3) is 3.00. The number of fused-ring (bicyclic) bond motifs is 2. The van der Waals surface area contributed by atoms with Crippen molar-refractivity contribution in [1.82, 2.24) is 4.90 Å². The minimum Gasteiger partial charge on any atom is -0.304 e. The molecule has 0 saturated carbocycles. The average Bonchev–Trinajstić information content (AvgIpc) is 2.58. The van der Waals surface area contributed by atoms with E-state index in [1.807, 2.05) is 0 Å². The molecule has 0 atom stereocenters. The van der Waals surface area contributed by atoms with E-state index in [2.05, 4.69) is 73.3 Å². The fourth-order valence-corrected chi connectivity index (χ4v) is 3.40. The molecule has 1 nitrogen and oxygen atoms in total. The predicted octanol–water partition coefficient (Wildman–Crippen LogP) is 5.27. The third-order valence-corrected chi connectivity index (χ3v) is 4.68. The SMILES string of the molecule is CCN(CC)CCCc1c2ccccc2cc2ccccc12. The van der Waals surface area contributed by atoms with Crippen LogP contribution in [0.5, 0.6) is 0 Å². The smallest absolute Gasteiger partial charge is 0.00158 e. The highest BCUT2D eigenvalue weighted by Gasteiger charge is 2.08. The highest BCUT2D eigenvalue weighted by atomic mass is 15.1. The number of hydrogen-bond acceptors (Lipinski definition) is 1. The zero-order valence-electron chi connectivity index (χ0n) is 13.7. The van der Waals surface area contributed by atoms with Gasteiger partial charge in [-0.1, -0.05) is 62.4 Å². The number of rotatable bonds is 6. The maximum absolute atomic E-state index is 2.51. The zero-order chi connectivity index (χ0) is 15.4. The molecule has 0 N–H and O–H groups in total. The molecule has 1 heteroatoms. The van der Waals surface area contributed by atoms with Crippen molar-refractivity contribution in [3.63, 3.8) is 0 Å². The molecule has 0 spiro atoms. The third-order valence-electron chi connectivity index (χ3n) is 4.68. The summed E-state index contributed by atoms with van der Waals surface area (Å²) >= 11 is 0. The van der Waals surface area contributed by atoms with Crippen molar-refractivity contribution in [3.05, 3.63) is 60.2 Å². The molecule has 0 amide bonds. The molecular weight excluding hydrogens is 266 g/mol. The number of benzene rings is 3. The van der Waals surface area contributed by atoms with Crippen LogP contribution in [0.4, 0.5) is 0 Å². The quantitative estimate of drug-likeness (QED) is 0.559. The lowest BCUT2D eigenvalue weighted by atomic mass is 9.94. The Morgan fingerprint density at radius 3 is 1.86 bits per heavy atom. The Hall–Kier alpha value is -1.86. The molecule has 0 aliphatic carbocycles. The van der Waals surface area contributed by atoms with Crippen LogP contribution >= 0.6 is 0 Å². The van der Waals surface area contributed by atoms with Gasteiger partial charge in [-0.05, 0) is 65.7 Å². The van der Waals surface area contributed by atoms with Gasteiger partial charge in [0.15, 0.2) is 0 Å². The topological polar surface area (TPSA) is 3.24 Å². The summed E-state index contributed by atoms with van der Waals surface area (Å²) in [6.45, 7) is 7.97. The molecule has 114 valence electrons. The minimum atomic E-state index is 1.15. The summed E-state index contributed by atoms with van der Waals surface area (Å²) in [6.07, 6.45) is 2.37. The van der Waals surface area contributed by atoms with Gasteiger partial charge in [0.05, 0.1) is 0 Å². The second kappa shape index (κ2) is 6.93. The van der Waals surface area contributed by atoms with Crippen molar-refractivity contribution in [1.29, 1.82) is 0 Å². The summed E-state index contributed by atoms with van der Waals surface area (Å²) in [6, 6.07) is 19.9.